The quantitative estimate of drug-likeness (QED) is 0.507. The van der Waals surface area contributed by atoms with Crippen molar-refractivity contribution in [1.29, 1.82) is 0 Å². The van der Waals surface area contributed by atoms with Crippen LogP contribution in [0.4, 0.5) is 5.69 Å². The zero-order valence-electron chi connectivity index (χ0n) is 13.2. The molecule has 3 nitrogen and oxygen atoms in total. The van der Waals surface area contributed by atoms with Gasteiger partial charge in [-0.15, -0.1) is 12.6 Å². The maximum absolute atomic E-state index is 10.6. The predicted octanol–water partition coefficient (Wildman–Crippen LogP) is 5.45. The number of aryl methyl sites for hydroxylation is 1. The lowest BCUT2D eigenvalue weighted by Crippen LogP contribution is -2.28. The molecule has 22 heavy (non-hydrogen) atoms. The molecule has 0 aliphatic carbocycles. The number of carbonyl (C=O) groups is 1. The van der Waals surface area contributed by atoms with Gasteiger partial charge in [0, 0.05) is 32.5 Å². The van der Waals surface area contributed by atoms with Gasteiger partial charge >= 0.3 is 5.97 Å². The Morgan fingerprint density at radius 1 is 1.36 bits per heavy atom. The van der Waals surface area contributed by atoms with Gasteiger partial charge in [0.15, 0.2) is 0 Å². The number of benzene rings is 1. The van der Waals surface area contributed by atoms with Crippen molar-refractivity contribution in [2.75, 3.05) is 0 Å². The van der Waals surface area contributed by atoms with Gasteiger partial charge < -0.3 is 5.11 Å². The third kappa shape index (κ3) is 3.25. The van der Waals surface area contributed by atoms with E-state index in [9.17, 15) is 4.79 Å². The molecule has 0 radical (unpaired) electrons. The number of nitrogens with zero attached hydrogens (tertiary/aromatic N) is 1. The third-order valence-corrected chi connectivity index (χ3v) is 6.38. The molecular formula is C17H22BrNO2S. The highest BCUT2D eigenvalue weighted by Crippen LogP contribution is 2.49. The number of halogens is 1. The summed E-state index contributed by atoms with van der Waals surface area (Å²) in [5.41, 5.74) is 4.38. The van der Waals surface area contributed by atoms with Crippen LogP contribution in [-0.4, -0.2) is 16.8 Å². The molecule has 1 N–H and O–H groups in total. The molecule has 0 bridgehead atoms. The molecule has 1 unspecified atom stereocenters. The van der Waals surface area contributed by atoms with E-state index < -0.39 is 5.97 Å². The van der Waals surface area contributed by atoms with Crippen molar-refractivity contribution in [3.8, 4) is 0 Å². The van der Waals surface area contributed by atoms with Crippen LogP contribution >= 0.6 is 28.6 Å². The van der Waals surface area contributed by atoms with Crippen molar-refractivity contribution >= 4 is 45.9 Å². The van der Waals surface area contributed by atoms with E-state index in [-0.39, 0.29) is 11.8 Å². The summed E-state index contributed by atoms with van der Waals surface area (Å²) < 4.78 is 1.04. The molecule has 5 heteroatoms. The summed E-state index contributed by atoms with van der Waals surface area (Å²) in [4.78, 5) is 16.3. The fraction of sp³-hybridized carbons (Fsp3) is 0.529. The third-order valence-electron chi connectivity index (χ3n) is 4.61. The molecule has 1 aliphatic rings. The van der Waals surface area contributed by atoms with Gasteiger partial charge in [0.25, 0.3) is 0 Å². The Morgan fingerprint density at radius 3 is 2.68 bits per heavy atom. The molecule has 0 fully saturated rings. The Balaban J connectivity index is 2.17. The standard InChI is InChI=1S/C17H22BrNO2S/c1-10-9-12-14(16(22)15(10)18)17(3,11(2)19-12)8-6-4-5-7-13(20)21/h9,22H,4-8H2,1-3H3,(H,20,21). The first-order valence-electron chi connectivity index (χ1n) is 7.57. The lowest BCUT2D eigenvalue weighted by Gasteiger charge is -2.28. The van der Waals surface area contributed by atoms with E-state index in [2.05, 4.69) is 42.8 Å². The summed E-state index contributed by atoms with van der Waals surface area (Å²) >= 11 is 8.34. The molecule has 1 heterocycles. The molecule has 1 atom stereocenters. The van der Waals surface area contributed by atoms with Crippen molar-refractivity contribution in [3.63, 3.8) is 0 Å². The van der Waals surface area contributed by atoms with Gasteiger partial charge in [0.1, 0.15) is 0 Å². The second-order valence-electron chi connectivity index (χ2n) is 6.23. The van der Waals surface area contributed by atoms with Crippen LogP contribution in [0.15, 0.2) is 20.4 Å². The van der Waals surface area contributed by atoms with Gasteiger partial charge in [0.2, 0.25) is 0 Å². The van der Waals surface area contributed by atoms with E-state index in [1.165, 1.54) is 5.56 Å². The van der Waals surface area contributed by atoms with E-state index >= 15 is 0 Å². The molecule has 0 amide bonds. The Hall–Kier alpha value is -0.810. The molecule has 1 aromatic carbocycles. The first-order chi connectivity index (χ1) is 10.3. The second kappa shape index (κ2) is 6.75. The number of aliphatic carboxylic acids is 1. The number of fused-ring (bicyclic) bond motifs is 1. The van der Waals surface area contributed by atoms with Gasteiger partial charge in [-0.25, -0.2) is 0 Å². The highest BCUT2D eigenvalue weighted by Gasteiger charge is 2.38. The molecule has 0 saturated heterocycles. The van der Waals surface area contributed by atoms with E-state index in [0.29, 0.717) is 0 Å². The number of carboxylic acid groups (broad SMARTS) is 1. The molecule has 1 aromatic rings. The van der Waals surface area contributed by atoms with Crippen LogP contribution in [0.3, 0.4) is 0 Å². The number of carboxylic acids is 1. The Bertz CT molecular complexity index is 642. The minimum atomic E-state index is -0.716. The number of unbranched alkanes of at least 4 members (excludes halogenated alkanes) is 2. The molecule has 1 aliphatic heterocycles. The molecular weight excluding hydrogens is 362 g/mol. The summed E-state index contributed by atoms with van der Waals surface area (Å²) in [5, 5.41) is 8.71. The van der Waals surface area contributed by atoms with Crippen LogP contribution in [-0.2, 0) is 10.2 Å². The van der Waals surface area contributed by atoms with Crippen LogP contribution < -0.4 is 0 Å². The largest absolute Gasteiger partial charge is 0.481 e. The maximum Gasteiger partial charge on any atom is 0.303 e. The van der Waals surface area contributed by atoms with Crippen molar-refractivity contribution in [1.82, 2.24) is 0 Å². The van der Waals surface area contributed by atoms with Gasteiger partial charge in [-0.3, -0.25) is 9.79 Å². The number of thiol groups is 1. The lowest BCUT2D eigenvalue weighted by molar-refractivity contribution is -0.137. The minimum absolute atomic E-state index is 0.105. The fourth-order valence-electron chi connectivity index (χ4n) is 3.11. The SMILES string of the molecule is CC1=Nc2cc(C)c(Br)c(S)c2C1(C)CCCCCC(=O)O. The van der Waals surface area contributed by atoms with E-state index in [1.807, 2.05) is 0 Å². The molecule has 120 valence electrons. The van der Waals surface area contributed by atoms with Crippen LogP contribution in [0.1, 0.15) is 57.1 Å². The summed E-state index contributed by atoms with van der Waals surface area (Å²) in [6.45, 7) is 6.35. The number of hydrogen-bond acceptors (Lipinski definition) is 3. The maximum atomic E-state index is 10.6. The zero-order chi connectivity index (χ0) is 16.5. The predicted molar refractivity (Wildman–Crippen MR) is 97.0 cm³/mol. The summed E-state index contributed by atoms with van der Waals surface area (Å²) in [7, 11) is 0. The normalized spacial score (nSPS) is 20.0. The molecule has 2 rings (SSSR count). The van der Waals surface area contributed by atoms with E-state index in [0.717, 1.165) is 52.0 Å². The monoisotopic (exact) mass is 383 g/mol. The highest BCUT2D eigenvalue weighted by molar-refractivity contribution is 9.10. The van der Waals surface area contributed by atoms with Crippen molar-refractivity contribution in [3.05, 3.63) is 21.7 Å². The summed E-state index contributed by atoms with van der Waals surface area (Å²) in [5.74, 6) is -0.716. The summed E-state index contributed by atoms with van der Waals surface area (Å²) in [6, 6.07) is 2.11. The van der Waals surface area contributed by atoms with Gasteiger partial charge in [0.05, 0.1) is 5.69 Å². The number of aliphatic imine (C=N–C) groups is 1. The van der Waals surface area contributed by atoms with Gasteiger partial charge in [-0.1, -0.05) is 19.8 Å². The van der Waals surface area contributed by atoms with Crippen molar-refractivity contribution in [2.24, 2.45) is 4.99 Å². The lowest BCUT2D eigenvalue weighted by atomic mass is 9.75. The average Bonchev–Trinajstić information content (AvgIpc) is 2.67. The van der Waals surface area contributed by atoms with Gasteiger partial charge in [-0.2, -0.15) is 0 Å². The number of rotatable bonds is 6. The minimum Gasteiger partial charge on any atom is -0.481 e. The molecule has 0 aromatic heterocycles. The van der Waals surface area contributed by atoms with Crippen LogP contribution in [0.5, 0.6) is 0 Å². The van der Waals surface area contributed by atoms with Crippen LogP contribution in [0, 0.1) is 6.92 Å². The molecule has 0 saturated carbocycles. The Kier molecular flexibility index (Phi) is 5.38. The second-order valence-corrected chi connectivity index (χ2v) is 7.47. The average molecular weight is 384 g/mol. The first kappa shape index (κ1) is 17.5. The first-order valence-corrected chi connectivity index (χ1v) is 8.81. The Labute approximate surface area is 145 Å². The number of hydrogen-bond donors (Lipinski definition) is 2. The molecule has 0 spiro atoms. The van der Waals surface area contributed by atoms with Crippen molar-refractivity contribution in [2.45, 2.75) is 63.2 Å². The fourth-order valence-corrected chi connectivity index (χ4v) is 3.96. The summed E-state index contributed by atoms with van der Waals surface area (Å²) in [6.07, 6.45) is 3.88. The smallest absolute Gasteiger partial charge is 0.303 e. The van der Waals surface area contributed by atoms with Crippen LogP contribution in [0.2, 0.25) is 0 Å². The van der Waals surface area contributed by atoms with Gasteiger partial charge in [-0.05, 0) is 54.2 Å². The van der Waals surface area contributed by atoms with Crippen LogP contribution in [0.25, 0.3) is 0 Å². The van der Waals surface area contributed by atoms with Crippen molar-refractivity contribution < 1.29 is 9.90 Å². The van der Waals surface area contributed by atoms with E-state index in [4.69, 9.17) is 22.7 Å². The van der Waals surface area contributed by atoms with E-state index in [1.54, 1.807) is 0 Å². The zero-order valence-corrected chi connectivity index (χ0v) is 15.7. The Morgan fingerprint density at radius 2 is 2.05 bits per heavy atom. The highest BCUT2D eigenvalue weighted by atomic mass is 79.9. The topological polar surface area (TPSA) is 49.7 Å².